The molecule has 0 fully saturated rings. The topological polar surface area (TPSA) is 21.3 Å². The van der Waals surface area contributed by atoms with Crippen molar-refractivity contribution in [2.75, 3.05) is 19.8 Å². The lowest BCUT2D eigenvalue weighted by Crippen LogP contribution is -2.25. The number of fused-ring (bicyclic) bond motifs is 1. The predicted octanol–water partition coefficient (Wildman–Crippen LogP) is 4.51. The van der Waals surface area contributed by atoms with Crippen molar-refractivity contribution < 1.29 is 9.13 Å². The molecule has 20 heavy (non-hydrogen) atoms. The molecule has 0 spiro atoms. The van der Waals surface area contributed by atoms with Crippen LogP contribution in [0.5, 0.6) is 0 Å². The van der Waals surface area contributed by atoms with Crippen LogP contribution in [0.4, 0.5) is 4.39 Å². The molecule has 0 saturated carbocycles. The number of nitrogens with one attached hydrogen (secondary N) is 1. The van der Waals surface area contributed by atoms with Crippen molar-refractivity contribution in [3.63, 3.8) is 0 Å². The average molecular weight is 295 g/mol. The normalized spacial score (nSPS) is 12.9. The molecule has 0 aliphatic rings. The molecule has 0 aliphatic carbocycles. The van der Waals surface area contributed by atoms with Gasteiger partial charge in [0, 0.05) is 16.2 Å². The Morgan fingerprint density at radius 3 is 2.85 bits per heavy atom. The first-order chi connectivity index (χ1) is 9.74. The summed E-state index contributed by atoms with van der Waals surface area (Å²) < 4.78 is 20.1. The van der Waals surface area contributed by atoms with Crippen LogP contribution < -0.4 is 5.32 Å². The Morgan fingerprint density at radius 2 is 2.10 bits per heavy atom. The van der Waals surface area contributed by atoms with Crippen LogP contribution in [0.3, 0.4) is 0 Å². The molecule has 1 unspecified atom stereocenters. The summed E-state index contributed by atoms with van der Waals surface area (Å²) in [6.45, 7) is 6.67. The van der Waals surface area contributed by atoms with Crippen molar-refractivity contribution in [3.8, 4) is 0 Å². The maximum atomic E-state index is 13.3. The summed E-state index contributed by atoms with van der Waals surface area (Å²) in [5, 5.41) is 4.49. The second-order valence-corrected chi connectivity index (χ2v) is 6.03. The quantitative estimate of drug-likeness (QED) is 0.724. The Hall–Kier alpha value is -0.970. The van der Waals surface area contributed by atoms with Gasteiger partial charge in [-0.15, -0.1) is 11.3 Å². The van der Waals surface area contributed by atoms with E-state index in [0.29, 0.717) is 6.61 Å². The van der Waals surface area contributed by atoms with Crippen LogP contribution >= 0.6 is 11.3 Å². The van der Waals surface area contributed by atoms with Crippen LogP contribution in [0.1, 0.15) is 37.6 Å². The molecule has 1 aromatic heterocycles. The van der Waals surface area contributed by atoms with Gasteiger partial charge in [-0.1, -0.05) is 13.8 Å². The van der Waals surface area contributed by atoms with Gasteiger partial charge in [0.2, 0.25) is 0 Å². The summed E-state index contributed by atoms with van der Waals surface area (Å²) in [4.78, 5) is 1.22. The molecule has 1 atom stereocenters. The average Bonchev–Trinajstić information content (AvgIpc) is 2.85. The van der Waals surface area contributed by atoms with Crippen molar-refractivity contribution >= 4 is 21.4 Å². The van der Waals surface area contributed by atoms with E-state index in [0.717, 1.165) is 36.1 Å². The van der Waals surface area contributed by atoms with E-state index in [4.69, 9.17) is 4.74 Å². The molecule has 1 N–H and O–H groups in total. The van der Waals surface area contributed by atoms with E-state index in [2.05, 4.69) is 25.2 Å². The fourth-order valence-electron chi connectivity index (χ4n) is 2.11. The Balaban J connectivity index is 2.15. The number of hydrogen-bond donors (Lipinski definition) is 1. The van der Waals surface area contributed by atoms with Crippen molar-refractivity contribution in [1.82, 2.24) is 5.32 Å². The van der Waals surface area contributed by atoms with Gasteiger partial charge < -0.3 is 10.1 Å². The second-order valence-electron chi connectivity index (χ2n) is 4.91. The Labute approximate surface area is 124 Å². The number of benzene rings is 1. The molecular weight excluding hydrogens is 273 g/mol. The van der Waals surface area contributed by atoms with Gasteiger partial charge in [-0.2, -0.15) is 0 Å². The van der Waals surface area contributed by atoms with Crippen LogP contribution in [0.25, 0.3) is 10.1 Å². The molecule has 0 bridgehead atoms. The zero-order valence-electron chi connectivity index (χ0n) is 12.1. The Morgan fingerprint density at radius 1 is 1.25 bits per heavy atom. The van der Waals surface area contributed by atoms with Crippen LogP contribution in [0.2, 0.25) is 0 Å². The monoisotopic (exact) mass is 295 g/mol. The zero-order chi connectivity index (χ0) is 14.4. The fraction of sp³-hybridized carbons (Fsp3) is 0.500. The predicted molar refractivity (Wildman–Crippen MR) is 83.9 cm³/mol. The smallest absolute Gasteiger partial charge is 0.123 e. The van der Waals surface area contributed by atoms with E-state index in [1.807, 2.05) is 6.07 Å². The van der Waals surface area contributed by atoms with Gasteiger partial charge in [-0.05, 0) is 49.0 Å². The maximum absolute atomic E-state index is 13.3. The number of rotatable bonds is 8. The van der Waals surface area contributed by atoms with Gasteiger partial charge in [0.15, 0.2) is 0 Å². The lowest BCUT2D eigenvalue weighted by Gasteiger charge is -2.17. The van der Waals surface area contributed by atoms with E-state index < -0.39 is 0 Å². The molecule has 1 aromatic carbocycles. The van der Waals surface area contributed by atoms with Crippen molar-refractivity contribution in [2.45, 2.75) is 32.7 Å². The maximum Gasteiger partial charge on any atom is 0.123 e. The van der Waals surface area contributed by atoms with Crippen molar-refractivity contribution in [3.05, 3.63) is 35.0 Å². The first kappa shape index (κ1) is 15.4. The van der Waals surface area contributed by atoms with E-state index in [1.165, 1.54) is 10.9 Å². The summed E-state index contributed by atoms with van der Waals surface area (Å²) in [7, 11) is 0. The van der Waals surface area contributed by atoms with Gasteiger partial charge in [0.25, 0.3) is 0 Å². The van der Waals surface area contributed by atoms with Gasteiger partial charge in [0.1, 0.15) is 5.82 Å². The number of halogens is 1. The molecule has 2 aromatic rings. The van der Waals surface area contributed by atoms with E-state index in [9.17, 15) is 4.39 Å². The highest BCUT2D eigenvalue weighted by atomic mass is 32.1. The van der Waals surface area contributed by atoms with Gasteiger partial charge >= 0.3 is 0 Å². The molecule has 110 valence electrons. The van der Waals surface area contributed by atoms with Crippen molar-refractivity contribution in [1.29, 1.82) is 0 Å². The molecule has 1 heterocycles. The van der Waals surface area contributed by atoms with Gasteiger partial charge in [0.05, 0.1) is 12.6 Å². The standard InChI is InChI=1S/C16H22FNOS/c1-3-7-18-14(11-19-8-4-2)16-10-12-9-13(17)5-6-15(12)20-16/h5-6,9-10,14,18H,3-4,7-8,11H2,1-2H3. The highest BCUT2D eigenvalue weighted by molar-refractivity contribution is 7.19. The SMILES string of the molecule is CCCNC(COCCC)c1cc2cc(F)ccc2s1. The Bertz CT molecular complexity index is 540. The molecule has 0 saturated heterocycles. The summed E-state index contributed by atoms with van der Waals surface area (Å²) >= 11 is 1.71. The Kier molecular flexibility index (Phi) is 5.95. The lowest BCUT2D eigenvalue weighted by molar-refractivity contribution is 0.113. The summed E-state index contributed by atoms with van der Waals surface area (Å²) in [6, 6.07) is 7.24. The third-order valence-electron chi connectivity index (χ3n) is 3.11. The third kappa shape index (κ3) is 4.01. The van der Waals surface area contributed by atoms with Crippen molar-refractivity contribution in [2.24, 2.45) is 0 Å². The molecular formula is C16H22FNOS. The summed E-state index contributed by atoms with van der Waals surface area (Å²) in [5.41, 5.74) is 0. The minimum atomic E-state index is -0.179. The zero-order valence-corrected chi connectivity index (χ0v) is 12.9. The number of thiophene rings is 1. The highest BCUT2D eigenvalue weighted by Gasteiger charge is 2.14. The fourth-order valence-corrected chi connectivity index (χ4v) is 3.22. The van der Waals surface area contributed by atoms with E-state index >= 15 is 0 Å². The van der Waals surface area contributed by atoms with E-state index in [-0.39, 0.29) is 11.9 Å². The number of hydrogen-bond acceptors (Lipinski definition) is 3. The highest BCUT2D eigenvalue weighted by Crippen LogP contribution is 2.30. The largest absolute Gasteiger partial charge is 0.379 e. The molecule has 2 nitrogen and oxygen atoms in total. The first-order valence-electron chi connectivity index (χ1n) is 7.24. The van der Waals surface area contributed by atoms with Crippen LogP contribution in [0, 0.1) is 5.82 Å². The molecule has 0 radical (unpaired) electrons. The molecule has 2 rings (SSSR count). The minimum absolute atomic E-state index is 0.179. The molecule has 0 amide bonds. The lowest BCUT2D eigenvalue weighted by atomic mass is 10.2. The minimum Gasteiger partial charge on any atom is -0.379 e. The molecule has 0 aliphatic heterocycles. The molecule has 4 heteroatoms. The van der Waals surface area contributed by atoms with Crippen LogP contribution in [-0.4, -0.2) is 19.8 Å². The third-order valence-corrected chi connectivity index (χ3v) is 4.34. The van der Waals surface area contributed by atoms with E-state index in [1.54, 1.807) is 17.4 Å². The first-order valence-corrected chi connectivity index (χ1v) is 8.06. The van der Waals surface area contributed by atoms with Crippen LogP contribution in [-0.2, 0) is 4.74 Å². The summed E-state index contributed by atoms with van der Waals surface area (Å²) in [5.74, 6) is -0.179. The summed E-state index contributed by atoms with van der Waals surface area (Å²) in [6.07, 6.45) is 2.11. The van der Waals surface area contributed by atoms with Gasteiger partial charge in [-0.3, -0.25) is 0 Å². The van der Waals surface area contributed by atoms with Gasteiger partial charge in [-0.25, -0.2) is 4.39 Å². The second kappa shape index (κ2) is 7.72. The number of ether oxygens (including phenoxy) is 1. The van der Waals surface area contributed by atoms with Crippen LogP contribution in [0.15, 0.2) is 24.3 Å².